The van der Waals surface area contributed by atoms with E-state index in [0.29, 0.717) is 19.8 Å². The number of benzene rings is 2. The summed E-state index contributed by atoms with van der Waals surface area (Å²) in [6, 6.07) is 22.4. The predicted molar refractivity (Wildman–Crippen MR) is 126 cm³/mol. The molecule has 2 aromatic carbocycles. The average Bonchev–Trinajstić information content (AvgIpc) is 2.85. The van der Waals surface area contributed by atoms with E-state index in [1.54, 1.807) is 6.20 Å². The molecule has 1 N–H and O–H groups in total. The maximum absolute atomic E-state index is 12.9. The Hall–Kier alpha value is -3.02. The van der Waals surface area contributed by atoms with E-state index >= 15 is 0 Å². The zero-order valence-electron chi connectivity index (χ0n) is 18.5. The molecule has 3 aromatic rings. The summed E-state index contributed by atoms with van der Waals surface area (Å²) < 4.78 is 5.80. The fraction of sp³-hybridized carbons (Fsp3) is 0.333. The Balaban J connectivity index is 1.24. The summed E-state index contributed by atoms with van der Waals surface area (Å²) in [5.41, 5.74) is 4.55. The fourth-order valence-electron chi connectivity index (χ4n) is 4.12. The molecule has 1 aromatic heterocycles. The maximum Gasteiger partial charge on any atom is 0.237 e. The lowest BCUT2D eigenvalue weighted by Gasteiger charge is -2.34. The van der Waals surface area contributed by atoms with E-state index < -0.39 is 0 Å². The van der Waals surface area contributed by atoms with Crippen LogP contribution in [0, 0.1) is 0 Å². The van der Waals surface area contributed by atoms with Crippen LogP contribution in [0.1, 0.15) is 41.5 Å². The molecule has 32 heavy (non-hydrogen) atoms. The normalized spacial score (nSPS) is 16.6. The second-order valence-corrected chi connectivity index (χ2v) is 8.36. The number of carbonyl (C=O) groups is 1. The molecular weight excluding hydrogens is 398 g/mol. The number of piperidine rings is 1. The van der Waals surface area contributed by atoms with E-state index in [-0.39, 0.29) is 11.9 Å². The number of carbonyl (C=O) groups excluding carboxylic acids is 1. The van der Waals surface area contributed by atoms with Gasteiger partial charge in [-0.2, -0.15) is 0 Å². The Kier molecular flexibility index (Phi) is 8.01. The molecule has 0 saturated carbocycles. The minimum atomic E-state index is -0.0744. The zero-order chi connectivity index (χ0) is 22.0. The van der Waals surface area contributed by atoms with Crippen molar-refractivity contribution < 1.29 is 9.53 Å². The molecule has 1 aliphatic heterocycles. The molecule has 4 rings (SSSR count). The van der Waals surface area contributed by atoms with Crippen molar-refractivity contribution in [2.24, 2.45) is 0 Å². The number of pyridine rings is 1. The molecule has 2 heterocycles. The van der Waals surface area contributed by atoms with Crippen LogP contribution in [0.15, 0.2) is 79.1 Å². The smallest absolute Gasteiger partial charge is 0.237 e. The molecule has 1 fully saturated rings. The molecule has 166 valence electrons. The van der Waals surface area contributed by atoms with E-state index in [9.17, 15) is 4.79 Å². The first-order valence-electron chi connectivity index (χ1n) is 11.4. The van der Waals surface area contributed by atoms with Crippen LogP contribution in [0.3, 0.4) is 0 Å². The molecule has 0 spiro atoms. The monoisotopic (exact) mass is 429 g/mol. The number of rotatable bonds is 9. The van der Waals surface area contributed by atoms with Crippen LogP contribution in [-0.2, 0) is 35.8 Å². The Bertz CT molecular complexity index is 961. The lowest BCUT2D eigenvalue weighted by atomic mass is 10.0. The van der Waals surface area contributed by atoms with Gasteiger partial charge in [0.1, 0.15) is 0 Å². The van der Waals surface area contributed by atoms with Crippen molar-refractivity contribution in [2.75, 3.05) is 6.54 Å². The van der Waals surface area contributed by atoms with Crippen molar-refractivity contribution in [3.8, 4) is 0 Å². The number of nitrogens with one attached hydrogen (secondary N) is 1. The highest BCUT2D eigenvalue weighted by Gasteiger charge is 2.28. The third-order valence-electron chi connectivity index (χ3n) is 5.89. The summed E-state index contributed by atoms with van der Waals surface area (Å²) >= 11 is 0. The quantitative estimate of drug-likeness (QED) is 0.545. The molecule has 5 nitrogen and oxygen atoms in total. The number of amides is 1. The van der Waals surface area contributed by atoms with Gasteiger partial charge in [0.2, 0.25) is 5.91 Å². The van der Waals surface area contributed by atoms with Crippen molar-refractivity contribution in [2.45, 2.75) is 51.6 Å². The average molecular weight is 430 g/mol. The van der Waals surface area contributed by atoms with Crippen LogP contribution in [-0.4, -0.2) is 28.4 Å². The van der Waals surface area contributed by atoms with Crippen LogP contribution in [0.5, 0.6) is 0 Å². The van der Waals surface area contributed by atoms with Crippen LogP contribution in [0.25, 0.3) is 0 Å². The number of nitrogens with zero attached hydrogens (tertiary/aromatic N) is 2. The van der Waals surface area contributed by atoms with Gasteiger partial charge < -0.3 is 10.1 Å². The van der Waals surface area contributed by atoms with Crippen molar-refractivity contribution in [3.63, 3.8) is 0 Å². The number of hydrogen-bond donors (Lipinski definition) is 1. The van der Waals surface area contributed by atoms with Crippen LogP contribution in [0.2, 0.25) is 0 Å². The molecule has 1 unspecified atom stereocenters. The highest BCUT2D eigenvalue weighted by atomic mass is 16.5. The van der Waals surface area contributed by atoms with E-state index in [4.69, 9.17) is 4.74 Å². The first-order chi connectivity index (χ1) is 15.8. The lowest BCUT2D eigenvalue weighted by Crippen LogP contribution is -2.48. The molecule has 1 saturated heterocycles. The van der Waals surface area contributed by atoms with Gasteiger partial charge in [-0.15, -0.1) is 0 Å². The van der Waals surface area contributed by atoms with Gasteiger partial charge >= 0.3 is 0 Å². The Morgan fingerprint density at radius 3 is 2.38 bits per heavy atom. The van der Waals surface area contributed by atoms with Crippen molar-refractivity contribution in [1.82, 2.24) is 15.2 Å². The number of ether oxygens (including phenoxy) is 1. The zero-order valence-corrected chi connectivity index (χ0v) is 18.5. The SMILES string of the molecule is O=C(NCc1ccc(COCc2ccccc2)cc1)C1CCCCN1Cc1cccnc1. The largest absolute Gasteiger partial charge is 0.372 e. The predicted octanol–water partition coefficient (Wildman–Crippen LogP) is 4.47. The topological polar surface area (TPSA) is 54.5 Å². The fourth-order valence-corrected chi connectivity index (χ4v) is 4.12. The Morgan fingerprint density at radius 1 is 0.906 bits per heavy atom. The third kappa shape index (κ3) is 6.49. The minimum Gasteiger partial charge on any atom is -0.372 e. The number of likely N-dealkylation sites (tertiary alicyclic amines) is 1. The maximum atomic E-state index is 12.9. The first kappa shape index (κ1) is 22.2. The van der Waals surface area contributed by atoms with Crippen molar-refractivity contribution >= 4 is 5.91 Å². The van der Waals surface area contributed by atoms with E-state index in [1.807, 2.05) is 30.5 Å². The van der Waals surface area contributed by atoms with E-state index in [0.717, 1.165) is 49.0 Å². The van der Waals surface area contributed by atoms with Gasteiger partial charge in [0, 0.05) is 25.5 Å². The van der Waals surface area contributed by atoms with Crippen LogP contribution in [0.4, 0.5) is 0 Å². The van der Waals surface area contributed by atoms with Gasteiger partial charge in [-0.1, -0.05) is 67.1 Å². The Morgan fingerprint density at radius 2 is 1.62 bits per heavy atom. The molecule has 1 amide bonds. The summed E-state index contributed by atoms with van der Waals surface area (Å²) in [5, 5.41) is 3.14. The van der Waals surface area contributed by atoms with Gasteiger partial charge in [-0.25, -0.2) is 0 Å². The highest BCUT2D eigenvalue weighted by molar-refractivity contribution is 5.81. The summed E-state index contributed by atoms with van der Waals surface area (Å²) in [5.74, 6) is 0.115. The van der Waals surface area contributed by atoms with Gasteiger partial charge in [0.05, 0.1) is 19.3 Å². The number of hydrogen-bond acceptors (Lipinski definition) is 4. The van der Waals surface area contributed by atoms with Gasteiger partial charge in [0.25, 0.3) is 0 Å². The lowest BCUT2D eigenvalue weighted by molar-refractivity contribution is -0.128. The van der Waals surface area contributed by atoms with Crippen molar-refractivity contribution in [1.29, 1.82) is 0 Å². The van der Waals surface area contributed by atoms with Gasteiger partial charge in [-0.3, -0.25) is 14.7 Å². The highest BCUT2D eigenvalue weighted by Crippen LogP contribution is 2.20. The standard InChI is InChI=1S/C27H31N3O2/c31-27(26-10-4-5-16-30(26)19-25-9-6-15-28-17-25)29-18-22-11-13-24(14-12-22)21-32-20-23-7-2-1-3-8-23/h1-3,6-9,11-15,17,26H,4-5,10,16,18-21H2,(H,29,31). The molecular formula is C27H31N3O2. The van der Waals surface area contributed by atoms with E-state index in [1.165, 1.54) is 5.56 Å². The van der Waals surface area contributed by atoms with E-state index in [2.05, 4.69) is 57.7 Å². The van der Waals surface area contributed by atoms with Gasteiger partial charge in [-0.05, 0) is 47.7 Å². The summed E-state index contributed by atoms with van der Waals surface area (Å²) in [4.78, 5) is 19.4. The molecule has 0 radical (unpaired) electrons. The molecule has 0 aliphatic carbocycles. The summed E-state index contributed by atoms with van der Waals surface area (Å²) in [6.07, 6.45) is 6.81. The minimum absolute atomic E-state index is 0.0744. The second-order valence-electron chi connectivity index (χ2n) is 8.36. The third-order valence-corrected chi connectivity index (χ3v) is 5.89. The molecule has 1 aliphatic rings. The molecule has 1 atom stereocenters. The van der Waals surface area contributed by atoms with Crippen molar-refractivity contribution in [3.05, 3.63) is 101 Å². The second kappa shape index (κ2) is 11.6. The molecule has 5 heteroatoms. The summed E-state index contributed by atoms with van der Waals surface area (Å²) in [6.45, 7) is 3.44. The Labute approximate surface area is 190 Å². The molecule has 0 bridgehead atoms. The van der Waals surface area contributed by atoms with Gasteiger partial charge in [0.15, 0.2) is 0 Å². The van der Waals surface area contributed by atoms with Crippen LogP contribution < -0.4 is 5.32 Å². The number of aromatic nitrogens is 1. The first-order valence-corrected chi connectivity index (χ1v) is 11.4. The van der Waals surface area contributed by atoms with Crippen LogP contribution >= 0.6 is 0 Å². The summed E-state index contributed by atoms with van der Waals surface area (Å²) in [7, 11) is 0.